The molecule has 8 nitrogen and oxygen atoms in total. The highest BCUT2D eigenvalue weighted by atomic mass is 32.2. The average Bonchev–Trinajstić information content (AvgIpc) is 3.20. The van der Waals surface area contributed by atoms with Gasteiger partial charge in [0, 0.05) is 17.8 Å². The van der Waals surface area contributed by atoms with Crippen molar-refractivity contribution in [3.63, 3.8) is 0 Å². The van der Waals surface area contributed by atoms with Crippen LogP contribution in [0.3, 0.4) is 0 Å². The number of carbonyl (C=O) groups excluding carboxylic acids is 2. The molecular weight excluding hydrogens is 440 g/mol. The van der Waals surface area contributed by atoms with E-state index in [9.17, 15) is 9.59 Å². The van der Waals surface area contributed by atoms with Gasteiger partial charge in [-0.25, -0.2) is 4.79 Å². The SMILES string of the molecule is C=CCn1c(SCC(=O)Nc2ccc(C(=O)OC(C)C)cc2)nnc1-c1ccc(OC)cc1. The largest absolute Gasteiger partial charge is 0.497 e. The van der Waals surface area contributed by atoms with Gasteiger partial charge in [-0.05, 0) is 62.4 Å². The van der Waals surface area contributed by atoms with Gasteiger partial charge in [0.25, 0.3) is 0 Å². The zero-order valence-corrected chi connectivity index (χ0v) is 19.6. The molecule has 3 aromatic rings. The van der Waals surface area contributed by atoms with Crippen LogP contribution < -0.4 is 10.1 Å². The molecule has 0 saturated carbocycles. The number of rotatable bonds is 10. The summed E-state index contributed by atoms with van der Waals surface area (Å²) in [5.74, 6) is 0.993. The number of aromatic nitrogens is 3. The van der Waals surface area contributed by atoms with Crippen molar-refractivity contribution in [1.29, 1.82) is 0 Å². The Morgan fingerprint density at radius 1 is 1.12 bits per heavy atom. The number of allylic oxidation sites excluding steroid dienone is 1. The Hall–Kier alpha value is -3.59. The van der Waals surface area contributed by atoms with Crippen LogP contribution in [0.2, 0.25) is 0 Å². The molecule has 0 bridgehead atoms. The molecule has 0 aliphatic rings. The summed E-state index contributed by atoms with van der Waals surface area (Å²) in [5, 5.41) is 12.0. The monoisotopic (exact) mass is 466 g/mol. The van der Waals surface area contributed by atoms with Crippen molar-refractivity contribution in [1.82, 2.24) is 14.8 Å². The third-order valence-corrected chi connectivity index (χ3v) is 5.42. The van der Waals surface area contributed by atoms with Gasteiger partial charge in [-0.15, -0.1) is 16.8 Å². The van der Waals surface area contributed by atoms with Crippen LogP contribution in [0.4, 0.5) is 5.69 Å². The Bertz CT molecular complexity index is 1110. The molecular formula is C24H26N4O4S. The van der Waals surface area contributed by atoms with E-state index in [4.69, 9.17) is 9.47 Å². The van der Waals surface area contributed by atoms with Gasteiger partial charge in [-0.1, -0.05) is 17.8 Å². The lowest BCUT2D eigenvalue weighted by Crippen LogP contribution is -2.15. The summed E-state index contributed by atoms with van der Waals surface area (Å²) >= 11 is 1.28. The molecule has 1 aromatic heterocycles. The molecule has 1 amide bonds. The van der Waals surface area contributed by atoms with Gasteiger partial charge in [0.1, 0.15) is 5.75 Å². The third kappa shape index (κ3) is 6.45. The molecule has 0 aliphatic heterocycles. The average molecular weight is 467 g/mol. The van der Waals surface area contributed by atoms with Crippen molar-refractivity contribution in [3.8, 4) is 17.1 Å². The third-order valence-electron chi connectivity index (χ3n) is 4.46. The molecule has 2 aromatic carbocycles. The smallest absolute Gasteiger partial charge is 0.338 e. The normalized spacial score (nSPS) is 10.7. The van der Waals surface area contributed by atoms with Crippen LogP contribution in [-0.2, 0) is 16.1 Å². The van der Waals surface area contributed by atoms with Crippen LogP contribution in [0.25, 0.3) is 11.4 Å². The fourth-order valence-corrected chi connectivity index (χ4v) is 3.69. The number of nitrogens with one attached hydrogen (secondary N) is 1. The highest BCUT2D eigenvalue weighted by Gasteiger charge is 2.15. The fraction of sp³-hybridized carbons (Fsp3) is 0.250. The Balaban J connectivity index is 1.63. The van der Waals surface area contributed by atoms with Gasteiger partial charge in [0.2, 0.25) is 5.91 Å². The van der Waals surface area contributed by atoms with Gasteiger partial charge in [-0.3, -0.25) is 9.36 Å². The second-order valence-corrected chi connectivity index (χ2v) is 8.24. The predicted octanol–water partition coefficient (Wildman–Crippen LogP) is 4.44. The van der Waals surface area contributed by atoms with Gasteiger partial charge in [0.15, 0.2) is 11.0 Å². The molecule has 1 heterocycles. The number of ether oxygens (including phenoxy) is 2. The van der Waals surface area contributed by atoms with Gasteiger partial charge >= 0.3 is 5.97 Å². The summed E-state index contributed by atoms with van der Waals surface area (Å²) in [6.07, 6.45) is 1.56. The van der Waals surface area contributed by atoms with E-state index in [-0.39, 0.29) is 17.8 Å². The summed E-state index contributed by atoms with van der Waals surface area (Å²) in [4.78, 5) is 24.4. The van der Waals surface area contributed by atoms with Crippen LogP contribution in [-0.4, -0.2) is 45.6 Å². The van der Waals surface area contributed by atoms with Gasteiger partial charge in [0.05, 0.1) is 24.5 Å². The molecule has 0 saturated heterocycles. The Kier molecular flexibility index (Phi) is 8.26. The van der Waals surface area contributed by atoms with Gasteiger partial charge < -0.3 is 14.8 Å². The molecule has 0 unspecified atom stereocenters. The predicted molar refractivity (Wildman–Crippen MR) is 129 cm³/mol. The van der Waals surface area contributed by atoms with E-state index in [0.29, 0.717) is 28.8 Å². The number of anilines is 1. The van der Waals surface area contributed by atoms with E-state index >= 15 is 0 Å². The molecule has 3 rings (SSSR count). The molecule has 0 fully saturated rings. The maximum Gasteiger partial charge on any atom is 0.338 e. The summed E-state index contributed by atoms with van der Waals surface area (Å²) in [6, 6.07) is 14.1. The minimum absolute atomic E-state index is 0.148. The molecule has 0 radical (unpaired) electrons. The highest BCUT2D eigenvalue weighted by Crippen LogP contribution is 2.26. The van der Waals surface area contributed by atoms with E-state index in [1.807, 2.05) is 28.8 Å². The highest BCUT2D eigenvalue weighted by molar-refractivity contribution is 7.99. The first-order chi connectivity index (χ1) is 15.9. The van der Waals surface area contributed by atoms with Crippen molar-refractivity contribution in [3.05, 3.63) is 66.7 Å². The lowest BCUT2D eigenvalue weighted by Gasteiger charge is -2.10. The minimum atomic E-state index is -0.396. The van der Waals surface area contributed by atoms with E-state index in [2.05, 4.69) is 22.1 Å². The molecule has 33 heavy (non-hydrogen) atoms. The maximum absolute atomic E-state index is 12.5. The van der Waals surface area contributed by atoms with E-state index in [1.165, 1.54) is 11.8 Å². The first-order valence-electron chi connectivity index (χ1n) is 10.3. The lowest BCUT2D eigenvalue weighted by molar-refractivity contribution is -0.113. The number of thioether (sulfide) groups is 1. The summed E-state index contributed by atoms with van der Waals surface area (Å²) in [7, 11) is 1.62. The number of amides is 1. The lowest BCUT2D eigenvalue weighted by atomic mass is 10.2. The second kappa shape index (κ2) is 11.3. The van der Waals surface area contributed by atoms with Crippen LogP contribution in [0.5, 0.6) is 5.75 Å². The maximum atomic E-state index is 12.5. The molecule has 0 aliphatic carbocycles. The van der Waals surface area contributed by atoms with Crippen molar-refractivity contribution in [2.24, 2.45) is 0 Å². The molecule has 0 atom stereocenters. The Morgan fingerprint density at radius 2 is 1.82 bits per heavy atom. The number of benzene rings is 2. The Morgan fingerprint density at radius 3 is 2.42 bits per heavy atom. The quantitative estimate of drug-likeness (QED) is 0.268. The number of hydrogen-bond acceptors (Lipinski definition) is 7. The zero-order valence-electron chi connectivity index (χ0n) is 18.8. The molecule has 0 spiro atoms. The topological polar surface area (TPSA) is 95.3 Å². The van der Waals surface area contributed by atoms with Crippen molar-refractivity contribution in [2.45, 2.75) is 31.7 Å². The number of esters is 1. The van der Waals surface area contributed by atoms with Gasteiger partial charge in [-0.2, -0.15) is 0 Å². The van der Waals surface area contributed by atoms with E-state index < -0.39 is 5.97 Å². The number of nitrogens with zero attached hydrogens (tertiary/aromatic N) is 3. The number of hydrogen-bond donors (Lipinski definition) is 1. The number of methoxy groups -OCH3 is 1. The van der Waals surface area contributed by atoms with Crippen molar-refractivity contribution >= 4 is 29.3 Å². The zero-order chi connectivity index (χ0) is 23.8. The molecule has 1 N–H and O–H groups in total. The van der Waals surface area contributed by atoms with Crippen molar-refractivity contribution in [2.75, 3.05) is 18.2 Å². The molecule has 172 valence electrons. The fourth-order valence-electron chi connectivity index (χ4n) is 2.94. The Labute approximate surface area is 197 Å². The van der Waals surface area contributed by atoms with E-state index in [0.717, 1.165) is 11.3 Å². The van der Waals surface area contributed by atoms with Crippen LogP contribution in [0, 0.1) is 0 Å². The summed E-state index contributed by atoms with van der Waals surface area (Å²) < 4.78 is 12.3. The summed E-state index contributed by atoms with van der Waals surface area (Å²) in [6.45, 7) is 7.90. The van der Waals surface area contributed by atoms with Crippen LogP contribution in [0.1, 0.15) is 24.2 Å². The minimum Gasteiger partial charge on any atom is -0.497 e. The van der Waals surface area contributed by atoms with E-state index in [1.54, 1.807) is 51.3 Å². The first kappa shape index (κ1) is 24.1. The first-order valence-corrected chi connectivity index (χ1v) is 11.3. The standard InChI is InChI=1S/C24H26N4O4S/c1-5-14-28-22(17-8-12-20(31-4)13-9-17)26-27-24(28)33-15-21(29)25-19-10-6-18(7-11-19)23(30)32-16(2)3/h5-13,16H,1,14-15H2,2-4H3,(H,25,29). The molecule has 9 heteroatoms. The second-order valence-electron chi connectivity index (χ2n) is 7.30. The number of carbonyl (C=O) groups is 2. The van der Waals surface area contributed by atoms with Crippen molar-refractivity contribution < 1.29 is 19.1 Å². The summed E-state index contributed by atoms with van der Waals surface area (Å²) in [5.41, 5.74) is 1.91. The van der Waals surface area contributed by atoms with Crippen LogP contribution >= 0.6 is 11.8 Å². The van der Waals surface area contributed by atoms with Crippen LogP contribution in [0.15, 0.2) is 66.3 Å².